The zero-order valence-electron chi connectivity index (χ0n) is 12.7. The van der Waals surface area contributed by atoms with E-state index in [0.717, 1.165) is 17.9 Å². The van der Waals surface area contributed by atoms with Gasteiger partial charge in [-0.15, -0.1) is 0 Å². The number of hydrogen-bond acceptors (Lipinski definition) is 2. The Morgan fingerprint density at radius 2 is 1.60 bits per heavy atom. The number of nitrogens with one attached hydrogen (secondary N) is 1. The first kappa shape index (κ1) is 14.6. The smallest absolute Gasteiger partial charge is 0.127 e. The third-order valence-corrected chi connectivity index (χ3v) is 3.75. The first-order chi connectivity index (χ1) is 9.63. The maximum atomic E-state index is 5.90. The van der Waals surface area contributed by atoms with Gasteiger partial charge in [0.1, 0.15) is 11.5 Å². The van der Waals surface area contributed by atoms with Gasteiger partial charge in [-0.25, -0.2) is 0 Å². The highest BCUT2D eigenvalue weighted by Crippen LogP contribution is 2.25. The topological polar surface area (TPSA) is 21.3 Å². The lowest BCUT2D eigenvalue weighted by Gasteiger charge is -2.15. The molecule has 0 spiro atoms. The van der Waals surface area contributed by atoms with Gasteiger partial charge in [0.05, 0.1) is 0 Å². The largest absolute Gasteiger partial charge is 0.457 e. The summed E-state index contributed by atoms with van der Waals surface area (Å²) in [5, 5.41) is 3.31. The molecule has 20 heavy (non-hydrogen) atoms. The molecule has 0 bridgehead atoms. The standard InChI is InChI=1S/C18H23NO/c1-5-18(19-4)15-7-10-16(11-8-15)20-17-9-6-13(2)14(3)12-17/h6-12,18-19H,5H2,1-4H3. The normalized spacial score (nSPS) is 12.2. The van der Waals surface area contributed by atoms with Crippen LogP contribution in [0, 0.1) is 13.8 Å². The molecule has 0 aliphatic heterocycles. The van der Waals surface area contributed by atoms with Gasteiger partial charge < -0.3 is 10.1 Å². The average Bonchev–Trinajstić information content (AvgIpc) is 2.46. The fourth-order valence-electron chi connectivity index (χ4n) is 2.29. The van der Waals surface area contributed by atoms with Crippen molar-refractivity contribution in [2.45, 2.75) is 33.2 Å². The van der Waals surface area contributed by atoms with E-state index in [-0.39, 0.29) is 0 Å². The van der Waals surface area contributed by atoms with E-state index in [9.17, 15) is 0 Å². The van der Waals surface area contributed by atoms with Gasteiger partial charge in [0, 0.05) is 6.04 Å². The average molecular weight is 269 g/mol. The Balaban J connectivity index is 2.12. The minimum Gasteiger partial charge on any atom is -0.457 e. The van der Waals surface area contributed by atoms with Crippen molar-refractivity contribution in [1.82, 2.24) is 5.32 Å². The van der Waals surface area contributed by atoms with Crippen molar-refractivity contribution >= 4 is 0 Å². The van der Waals surface area contributed by atoms with Gasteiger partial charge in [-0.2, -0.15) is 0 Å². The lowest BCUT2D eigenvalue weighted by Crippen LogP contribution is -2.14. The van der Waals surface area contributed by atoms with Gasteiger partial charge in [0.2, 0.25) is 0 Å². The second kappa shape index (κ2) is 6.58. The SMILES string of the molecule is CCC(NC)c1ccc(Oc2ccc(C)c(C)c2)cc1. The summed E-state index contributed by atoms with van der Waals surface area (Å²) >= 11 is 0. The lowest BCUT2D eigenvalue weighted by molar-refractivity contribution is 0.481. The molecule has 0 amide bonds. The fraction of sp³-hybridized carbons (Fsp3) is 0.333. The van der Waals surface area contributed by atoms with Crippen LogP contribution in [0.15, 0.2) is 42.5 Å². The molecule has 0 saturated heterocycles. The molecule has 0 aliphatic carbocycles. The maximum Gasteiger partial charge on any atom is 0.127 e. The molecule has 0 radical (unpaired) electrons. The Kier molecular flexibility index (Phi) is 4.80. The minimum atomic E-state index is 0.408. The van der Waals surface area contributed by atoms with Crippen molar-refractivity contribution in [1.29, 1.82) is 0 Å². The van der Waals surface area contributed by atoms with Crippen LogP contribution in [0.25, 0.3) is 0 Å². The van der Waals surface area contributed by atoms with E-state index < -0.39 is 0 Å². The molecule has 0 fully saturated rings. The van der Waals surface area contributed by atoms with E-state index >= 15 is 0 Å². The second-order valence-corrected chi connectivity index (χ2v) is 5.17. The Morgan fingerprint density at radius 1 is 0.950 bits per heavy atom. The maximum absolute atomic E-state index is 5.90. The Morgan fingerprint density at radius 3 is 2.15 bits per heavy atom. The number of ether oxygens (including phenoxy) is 1. The number of rotatable bonds is 5. The molecule has 1 unspecified atom stereocenters. The highest BCUT2D eigenvalue weighted by Gasteiger charge is 2.06. The van der Waals surface area contributed by atoms with E-state index in [2.05, 4.69) is 50.4 Å². The molecule has 2 aromatic rings. The van der Waals surface area contributed by atoms with Crippen LogP contribution in [0.1, 0.15) is 36.1 Å². The molecule has 1 N–H and O–H groups in total. The van der Waals surface area contributed by atoms with Crippen molar-refractivity contribution in [3.8, 4) is 11.5 Å². The van der Waals surface area contributed by atoms with Gasteiger partial charge in [-0.1, -0.05) is 25.1 Å². The van der Waals surface area contributed by atoms with Crippen molar-refractivity contribution in [2.24, 2.45) is 0 Å². The second-order valence-electron chi connectivity index (χ2n) is 5.17. The summed E-state index contributed by atoms with van der Waals surface area (Å²) in [6.07, 6.45) is 1.08. The molecule has 0 aromatic heterocycles. The molecule has 0 aliphatic rings. The lowest BCUT2D eigenvalue weighted by atomic mass is 10.0. The third kappa shape index (κ3) is 3.40. The van der Waals surface area contributed by atoms with Gasteiger partial charge in [0.15, 0.2) is 0 Å². The molecule has 1 atom stereocenters. The Bertz CT molecular complexity index is 556. The van der Waals surface area contributed by atoms with Gasteiger partial charge in [0.25, 0.3) is 0 Å². The van der Waals surface area contributed by atoms with E-state index in [0.29, 0.717) is 6.04 Å². The van der Waals surface area contributed by atoms with Crippen molar-refractivity contribution < 1.29 is 4.74 Å². The molecule has 0 heterocycles. The van der Waals surface area contributed by atoms with E-state index in [1.54, 1.807) is 0 Å². The van der Waals surface area contributed by atoms with Crippen LogP contribution in [-0.4, -0.2) is 7.05 Å². The number of hydrogen-bond donors (Lipinski definition) is 1. The molecule has 2 rings (SSSR count). The van der Waals surface area contributed by atoms with Crippen molar-refractivity contribution in [3.05, 3.63) is 59.2 Å². The first-order valence-corrected chi connectivity index (χ1v) is 7.16. The van der Waals surface area contributed by atoms with Crippen molar-refractivity contribution in [2.75, 3.05) is 7.05 Å². The summed E-state index contributed by atoms with van der Waals surface area (Å²) in [4.78, 5) is 0. The van der Waals surface area contributed by atoms with Crippen LogP contribution >= 0.6 is 0 Å². The summed E-state index contributed by atoms with van der Waals surface area (Å²) in [7, 11) is 1.99. The zero-order valence-corrected chi connectivity index (χ0v) is 12.7. The van der Waals surface area contributed by atoms with Gasteiger partial charge >= 0.3 is 0 Å². The number of aryl methyl sites for hydroxylation is 2. The van der Waals surface area contributed by atoms with Crippen LogP contribution in [-0.2, 0) is 0 Å². The van der Waals surface area contributed by atoms with Crippen LogP contribution < -0.4 is 10.1 Å². The van der Waals surface area contributed by atoms with Crippen LogP contribution in [0.2, 0.25) is 0 Å². The van der Waals surface area contributed by atoms with Gasteiger partial charge in [-0.05, 0) is 68.3 Å². The highest BCUT2D eigenvalue weighted by atomic mass is 16.5. The highest BCUT2D eigenvalue weighted by molar-refractivity contribution is 5.38. The fourth-order valence-corrected chi connectivity index (χ4v) is 2.29. The van der Waals surface area contributed by atoms with E-state index in [1.165, 1.54) is 16.7 Å². The number of benzene rings is 2. The van der Waals surface area contributed by atoms with E-state index in [1.807, 2.05) is 25.2 Å². The van der Waals surface area contributed by atoms with Crippen LogP contribution in [0.5, 0.6) is 11.5 Å². The predicted molar refractivity (Wildman–Crippen MR) is 84.5 cm³/mol. The summed E-state index contributed by atoms with van der Waals surface area (Å²) < 4.78 is 5.90. The molecule has 2 nitrogen and oxygen atoms in total. The summed E-state index contributed by atoms with van der Waals surface area (Å²) in [5.41, 5.74) is 3.83. The predicted octanol–water partition coefficient (Wildman–Crippen LogP) is 4.77. The molecule has 2 heteroatoms. The molecule has 2 aromatic carbocycles. The van der Waals surface area contributed by atoms with Crippen molar-refractivity contribution in [3.63, 3.8) is 0 Å². The van der Waals surface area contributed by atoms with Crippen LogP contribution in [0.4, 0.5) is 0 Å². The summed E-state index contributed by atoms with van der Waals surface area (Å²) in [6.45, 7) is 6.39. The first-order valence-electron chi connectivity index (χ1n) is 7.16. The molecule has 106 valence electrons. The van der Waals surface area contributed by atoms with Gasteiger partial charge in [-0.3, -0.25) is 0 Å². The minimum absolute atomic E-state index is 0.408. The molecular formula is C18H23NO. The Labute approximate surface area is 121 Å². The molecular weight excluding hydrogens is 246 g/mol. The zero-order chi connectivity index (χ0) is 14.5. The molecule has 0 saturated carbocycles. The quantitative estimate of drug-likeness (QED) is 0.844. The Hall–Kier alpha value is -1.80. The van der Waals surface area contributed by atoms with Crippen LogP contribution in [0.3, 0.4) is 0 Å². The van der Waals surface area contributed by atoms with E-state index in [4.69, 9.17) is 4.74 Å². The third-order valence-electron chi connectivity index (χ3n) is 3.75. The monoisotopic (exact) mass is 269 g/mol. The summed E-state index contributed by atoms with van der Waals surface area (Å²) in [5.74, 6) is 1.77. The summed E-state index contributed by atoms with van der Waals surface area (Å²) in [6, 6.07) is 14.9.